The van der Waals surface area contributed by atoms with Crippen LogP contribution in [0.3, 0.4) is 0 Å². The molecular weight excluding hydrogens is 461 g/mol. The van der Waals surface area contributed by atoms with E-state index in [1.807, 2.05) is 18.4 Å². The predicted molar refractivity (Wildman–Crippen MR) is 121 cm³/mol. The number of benzene rings is 2. The summed E-state index contributed by atoms with van der Waals surface area (Å²) in [6, 6.07) is 10.7. The van der Waals surface area contributed by atoms with Crippen LogP contribution in [-0.2, 0) is 12.3 Å². The fraction of sp³-hybridized carbons (Fsp3) is 0.250. The van der Waals surface area contributed by atoms with Crippen LogP contribution in [-0.4, -0.2) is 25.6 Å². The maximum atomic E-state index is 12.6. The van der Waals surface area contributed by atoms with Crippen molar-refractivity contribution in [2.24, 2.45) is 0 Å². The molecule has 1 amide bonds. The molecule has 0 saturated heterocycles. The van der Waals surface area contributed by atoms with Crippen molar-refractivity contribution in [1.29, 1.82) is 0 Å². The van der Waals surface area contributed by atoms with Crippen LogP contribution in [0, 0.1) is 10.1 Å². The van der Waals surface area contributed by atoms with Crippen LogP contribution >= 0.6 is 35.0 Å². The molecule has 0 aliphatic rings. The quantitative estimate of drug-likeness (QED) is 0.267. The van der Waals surface area contributed by atoms with Gasteiger partial charge in [-0.05, 0) is 37.6 Å². The fourth-order valence-electron chi connectivity index (χ4n) is 2.87. The van der Waals surface area contributed by atoms with Crippen molar-refractivity contribution >= 4 is 46.6 Å². The lowest BCUT2D eigenvalue weighted by molar-refractivity contribution is -0.384. The number of nitrogens with one attached hydrogen (secondary N) is 1. The van der Waals surface area contributed by atoms with E-state index in [0.29, 0.717) is 38.9 Å². The molecule has 162 valence electrons. The molecule has 1 N–H and O–H groups in total. The molecule has 0 aliphatic heterocycles. The summed E-state index contributed by atoms with van der Waals surface area (Å²) in [4.78, 5) is 22.9. The number of hydrogen-bond acceptors (Lipinski definition) is 6. The Morgan fingerprint density at radius 2 is 1.90 bits per heavy atom. The van der Waals surface area contributed by atoms with E-state index in [1.54, 1.807) is 24.3 Å². The number of amides is 1. The zero-order valence-corrected chi connectivity index (χ0v) is 19.0. The number of rotatable bonds is 8. The van der Waals surface area contributed by atoms with Gasteiger partial charge in [0.15, 0.2) is 11.0 Å². The van der Waals surface area contributed by atoms with Gasteiger partial charge in [0.05, 0.1) is 21.0 Å². The minimum Gasteiger partial charge on any atom is -0.342 e. The molecule has 0 spiro atoms. The van der Waals surface area contributed by atoms with E-state index >= 15 is 0 Å². The number of nitrogens with zero attached hydrogens (tertiary/aromatic N) is 4. The number of nitro groups is 1. The van der Waals surface area contributed by atoms with Crippen molar-refractivity contribution in [3.05, 3.63) is 79.6 Å². The first-order chi connectivity index (χ1) is 14.8. The van der Waals surface area contributed by atoms with Gasteiger partial charge >= 0.3 is 0 Å². The van der Waals surface area contributed by atoms with E-state index in [2.05, 4.69) is 15.5 Å². The SMILES string of the molecule is CCn1c(SCc2ccc([N+](=O)[O-])cc2)nnc1C(C)NC(=O)c1ccc(Cl)c(Cl)c1. The van der Waals surface area contributed by atoms with E-state index in [1.165, 1.54) is 30.0 Å². The lowest BCUT2D eigenvalue weighted by atomic mass is 10.2. The second kappa shape index (κ2) is 10.1. The molecule has 0 bridgehead atoms. The van der Waals surface area contributed by atoms with Crippen LogP contribution in [0.5, 0.6) is 0 Å². The van der Waals surface area contributed by atoms with Gasteiger partial charge in [-0.1, -0.05) is 47.1 Å². The van der Waals surface area contributed by atoms with E-state index < -0.39 is 4.92 Å². The zero-order valence-electron chi connectivity index (χ0n) is 16.7. The van der Waals surface area contributed by atoms with Crippen LogP contribution in [0.4, 0.5) is 5.69 Å². The van der Waals surface area contributed by atoms with E-state index in [0.717, 1.165) is 5.56 Å². The third-order valence-corrected chi connectivity index (χ3v) is 6.27. The molecule has 0 saturated carbocycles. The summed E-state index contributed by atoms with van der Waals surface area (Å²) in [5.74, 6) is 0.916. The topological polar surface area (TPSA) is 103 Å². The first kappa shape index (κ1) is 23.1. The third kappa shape index (κ3) is 5.55. The highest BCUT2D eigenvalue weighted by atomic mass is 35.5. The Kier molecular flexibility index (Phi) is 7.53. The first-order valence-electron chi connectivity index (χ1n) is 9.35. The van der Waals surface area contributed by atoms with Crippen molar-refractivity contribution in [2.75, 3.05) is 0 Å². The molecule has 8 nitrogen and oxygen atoms in total. The Hall–Kier alpha value is -2.62. The van der Waals surface area contributed by atoms with Gasteiger partial charge in [-0.25, -0.2) is 0 Å². The second-order valence-corrected chi connectivity index (χ2v) is 8.38. The number of thioether (sulfide) groups is 1. The molecule has 0 aliphatic carbocycles. The number of carbonyl (C=O) groups is 1. The molecule has 1 heterocycles. The maximum absolute atomic E-state index is 12.6. The van der Waals surface area contributed by atoms with Crippen molar-refractivity contribution < 1.29 is 9.72 Å². The predicted octanol–water partition coefficient (Wildman–Crippen LogP) is 5.30. The molecule has 3 aromatic rings. The van der Waals surface area contributed by atoms with Gasteiger partial charge in [0.25, 0.3) is 11.6 Å². The standard InChI is InChI=1S/C20H19Cl2N5O3S/c1-3-26-18(12(2)23-19(28)14-6-9-16(21)17(22)10-14)24-25-20(26)31-11-13-4-7-15(8-5-13)27(29)30/h4-10,12H,3,11H2,1-2H3,(H,23,28). The smallest absolute Gasteiger partial charge is 0.269 e. The number of non-ortho nitro benzene ring substituents is 1. The summed E-state index contributed by atoms with van der Waals surface area (Å²) in [6.45, 7) is 4.42. The second-order valence-electron chi connectivity index (χ2n) is 6.62. The van der Waals surface area contributed by atoms with Gasteiger partial charge in [0.1, 0.15) is 0 Å². The largest absolute Gasteiger partial charge is 0.342 e. The Labute approximate surface area is 193 Å². The minimum atomic E-state index is -0.426. The summed E-state index contributed by atoms with van der Waals surface area (Å²) in [7, 11) is 0. The van der Waals surface area contributed by atoms with E-state index in [-0.39, 0.29) is 17.6 Å². The van der Waals surface area contributed by atoms with Gasteiger partial charge in [0, 0.05) is 30.0 Å². The maximum Gasteiger partial charge on any atom is 0.269 e. The summed E-state index contributed by atoms with van der Waals surface area (Å²) < 4.78 is 1.93. The number of hydrogen-bond donors (Lipinski definition) is 1. The minimum absolute atomic E-state index is 0.0549. The molecular formula is C20H19Cl2N5O3S. The highest BCUT2D eigenvalue weighted by Gasteiger charge is 2.20. The Bertz CT molecular complexity index is 1100. The lowest BCUT2D eigenvalue weighted by Crippen LogP contribution is -2.28. The number of aromatic nitrogens is 3. The summed E-state index contributed by atoms with van der Waals surface area (Å²) in [5.41, 5.74) is 1.39. The van der Waals surface area contributed by atoms with Gasteiger partial charge in [-0.15, -0.1) is 10.2 Å². The Morgan fingerprint density at radius 3 is 2.52 bits per heavy atom. The zero-order chi connectivity index (χ0) is 22.5. The van der Waals surface area contributed by atoms with Crippen molar-refractivity contribution in [2.45, 2.75) is 37.3 Å². The van der Waals surface area contributed by atoms with Crippen LogP contribution in [0.2, 0.25) is 10.0 Å². The monoisotopic (exact) mass is 479 g/mol. The van der Waals surface area contributed by atoms with Crippen molar-refractivity contribution in [1.82, 2.24) is 20.1 Å². The first-order valence-corrected chi connectivity index (χ1v) is 11.1. The van der Waals surface area contributed by atoms with E-state index in [9.17, 15) is 14.9 Å². The molecule has 1 unspecified atom stereocenters. The fourth-order valence-corrected chi connectivity index (χ4v) is 4.13. The Morgan fingerprint density at radius 1 is 1.19 bits per heavy atom. The molecule has 0 radical (unpaired) electrons. The molecule has 1 atom stereocenters. The lowest BCUT2D eigenvalue weighted by Gasteiger charge is -2.15. The van der Waals surface area contributed by atoms with Gasteiger partial charge < -0.3 is 9.88 Å². The average Bonchev–Trinajstić information content (AvgIpc) is 3.17. The molecule has 31 heavy (non-hydrogen) atoms. The highest BCUT2D eigenvalue weighted by Crippen LogP contribution is 2.26. The molecule has 1 aromatic heterocycles. The average molecular weight is 480 g/mol. The molecule has 2 aromatic carbocycles. The van der Waals surface area contributed by atoms with Crippen LogP contribution in [0.25, 0.3) is 0 Å². The third-order valence-electron chi connectivity index (χ3n) is 4.49. The number of halogens is 2. The Balaban J connectivity index is 1.68. The van der Waals surface area contributed by atoms with Crippen LogP contribution < -0.4 is 5.32 Å². The molecule has 11 heteroatoms. The van der Waals surface area contributed by atoms with Crippen molar-refractivity contribution in [3.8, 4) is 0 Å². The highest BCUT2D eigenvalue weighted by molar-refractivity contribution is 7.98. The molecule has 3 rings (SSSR count). The summed E-state index contributed by atoms with van der Waals surface area (Å²) in [5, 5.41) is 23.6. The summed E-state index contributed by atoms with van der Waals surface area (Å²) >= 11 is 13.4. The summed E-state index contributed by atoms with van der Waals surface area (Å²) in [6.07, 6.45) is 0. The van der Waals surface area contributed by atoms with Crippen LogP contribution in [0.15, 0.2) is 47.6 Å². The van der Waals surface area contributed by atoms with E-state index in [4.69, 9.17) is 23.2 Å². The normalized spacial score (nSPS) is 11.9. The van der Waals surface area contributed by atoms with Crippen LogP contribution in [0.1, 0.15) is 41.6 Å². The van der Waals surface area contributed by atoms with Crippen molar-refractivity contribution in [3.63, 3.8) is 0 Å². The number of carbonyl (C=O) groups excluding carboxylic acids is 1. The number of nitro benzene ring substituents is 1. The molecule has 0 fully saturated rings. The van der Waals surface area contributed by atoms with Gasteiger partial charge in [0.2, 0.25) is 0 Å². The van der Waals surface area contributed by atoms with Gasteiger partial charge in [-0.2, -0.15) is 0 Å². The van der Waals surface area contributed by atoms with Gasteiger partial charge in [-0.3, -0.25) is 14.9 Å².